The van der Waals surface area contributed by atoms with Crippen molar-refractivity contribution in [1.82, 2.24) is 25.5 Å². The third kappa shape index (κ3) is 13.6. The van der Waals surface area contributed by atoms with Gasteiger partial charge in [-0.05, 0) is 41.0 Å². The molecule has 0 aliphatic carbocycles. The van der Waals surface area contributed by atoms with E-state index < -0.39 is 73.5 Å². The summed E-state index contributed by atoms with van der Waals surface area (Å²) in [6.45, 7) is 3.54. The number of ether oxygens (including phenoxy) is 1. The van der Waals surface area contributed by atoms with Crippen LogP contribution >= 0.6 is 34.8 Å². The number of esters is 1. The lowest BCUT2D eigenvalue weighted by molar-refractivity contribution is -0.146. The second-order valence-electron chi connectivity index (χ2n) is 15.5. The number of aliphatic carboxylic acids is 1. The molecule has 0 fully saturated rings. The molecule has 0 saturated carbocycles. The number of hydrogen-bond donors (Lipinski definition) is 4. The highest BCUT2D eigenvalue weighted by Crippen LogP contribution is 2.41. The largest absolute Gasteiger partial charge is 0.480 e. The van der Waals surface area contributed by atoms with Gasteiger partial charge in [0.15, 0.2) is 0 Å². The van der Waals surface area contributed by atoms with Gasteiger partial charge in [-0.25, -0.2) is 18.2 Å². The van der Waals surface area contributed by atoms with Gasteiger partial charge in [-0.3, -0.25) is 14.9 Å². The van der Waals surface area contributed by atoms with Crippen LogP contribution in [-0.4, -0.2) is 94.0 Å². The van der Waals surface area contributed by atoms with E-state index in [4.69, 9.17) is 44.5 Å². The number of carbonyl (C=O) groups is 3. The average Bonchev–Trinajstić information content (AvgIpc) is 3.71. The minimum Gasteiger partial charge on any atom is -0.480 e. The molecule has 16 heteroatoms. The number of aromatic nitrogens is 2. The zero-order valence-electron chi connectivity index (χ0n) is 34.7. The summed E-state index contributed by atoms with van der Waals surface area (Å²) in [6, 6.07) is 35.6. The zero-order chi connectivity index (χ0) is 44.9. The summed E-state index contributed by atoms with van der Waals surface area (Å²) in [5.74, 6) is -3.20. The van der Waals surface area contributed by atoms with Crippen molar-refractivity contribution < 1.29 is 32.6 Å². The molecule has 0 bridgehead atoms. The number of benzene rings is 4. The Morgan fingerprint density at radius 1 is 0.774 bits per heavy atom. The number of rotatable bonds is 22. The highest BCUT2D eigenvalue weighted by atomic mass is 35.6. The number of amides is 1. The molecule has 0 radical (unpaired) electrons. The van der Waals surface area contributed by atoms with E-state index in [0.29, 0.717) is 5.69 Å². The van der Waals surface area contributed by atoms with Crippen molar-refractivity contribution in [2.24, 2.45) is 5.92 Å². The number of imidazole rings is 1. The number of nitrogens with one attached hydrogen (secondary N) is 3. The second-order valence-corrected chi connectivity index (χ2v) is 20.3. The van der Waals surface area contributed by atoms with Gasteiger partial charge in [0.1, 0.15) is 34.1 Å². The molecule has 62 heavy (non-hydrogen) atoms. The van der Waals surface area contributed by atoms with Crippen LogP contribution < -0.4 is 16.0 Å². The Morgan fingerprint density at radius 2 is 1.29 bits per heavy atom. The first-order valence-electron chi connectivity index (χ1n) is 20.1. The molecule has 4 N–H and O–H groups in total. The number of hydrogen-bond acceptors (Lipinski definition) is 9. The van der Waals surface area contributed by atoms with Gasteiger partial charge in [0.2, 0.25) is 9.70 Å². The molecular weight excluding hydrogens is 873 g/mol. The Labute approximate surface area is 378 Å². The number of alkyl halides is 3. The number of carboxylic acids is 1. The van der Waals surface area contributed by atoms with E-state index in [2.05, 4.69) is 52.3 Å². The lowest BCUT2D eigenvalue weighted by Crippen LogP contribution is -2.56. The summed E-state index contributed by atoms with van der Waals surface area (Å²) in [7, 11) is -3.49. The lowest BCUT2D eigenvalue weighted by Gasteiger charge is -2.37. The average molecular weight is 925 g/mol. The van der Waals surface area contributed by atoms with Crippen LogP contribution in [0.2, 0.25) is 0 Å². The summed E-state index contributed by atoms with van der Waals surface area (Å²) in [4.78, 5) is 44.7. The van der Waals surface area contributed by atoms with Crippen LogP contribution in [0.3, 0.4) is 0 Å². The van der Waals surface area contributed by atoms with Crippen molar-refractivity contribution in [3.8, 4) is 0 Å². The Morgan fingerprint density at radius 3 is 1.76 bits per heavy atom. The lowest BCUT2D eigenvalue weighted by atomic mass is 9.77. The molecular formula is C46H52Cl3N5O7S. The molecule has 12 nitrogen and oxygen atoms in total. The first-order valence-corrected chi connectivity index (χ1v) is 23.3. The van der Waals surface area contributed by atoms with Crippen molar-refractivity contribution in [1.29, 1.82) is 0 Å². The van der Waals surface area contributed by atoms with Gasteiger partial charge < -0.3 is 25.0 Å². The summed E-state index contributed by atoms with van der Waals surface area (Å²) < 4.78 is 29.4. The van der Waals surface area contributed by atoms with Crippen molar-refractivity contribution in [2.75, 3.05) is 25.2 Å². The fraction of sp³-hybridized carbons (Fsp3) is 0.348. The van der Waals surface area contributed by atoms with Crippen LogP contribution in [0, 0.1) is 5.92 Å². The molecule has 0 aliphatic rings. The molecule has 5 aromatic rings. The monoisotopic (exact) mass is 923 g/mol. The fourth-order valence-electron chi connectivity index (χ4n) is 7.29. The van der Waals surface area contributed by atoms with Gasteiger partial charge in [0, 0.05) is 31.5 Å². The Bertz CT molecular complexity index is 2220. The van der Waals surface area contributed by atoms with E-state index in [1.165, 1.54) is 0 Å². The minimum absolute atomic E-state index is 0.0674. The van der Waals surface area contributed by atoms with Crippen LogP contribution in [0.5, 0.6) is 0 Å². The van der Waals surface area contributed by atoms with Crippen molar-refractivity contribution in [3.05, 3.63) is 162 Å². The van der Waals surface area contributed by atoms with Gasteiger partial charge in [-0.2, -0.15) is 0 Å². The Balaban J connectivity index is 1.46. The van der Waals surface area contributed by atoms with Gasteiger partial charge in [0.25, 0.3) is 0 Å². The van der Waals surface area contributed by atoms with E-state index >= 15 is 0 Å². The highest BCUT2D eigenvalue weighted by Gasteiger charge is 2.39. The number of halogens is 3. The van der Waals surface area contributed by atoms with E-state index in [1.54, 1.807) is 6.33 Å². The normalized spacial score (nSPS) is 14.1. The number of carboxylic acid groups (broad SMARTS) is 1. The topological polar surface area (TPSA) is 169 Å². The molecule has 4 aromatic carbocycles. The van der Waals surface area contributed by atoms with Crippen LogP contribution in [0.4, 0.5) is 0 Å². The Kier molecular flexibility index (Phi) is 17.2. The quantitative estimate of drug-likeness (QED) is 0.0348. The third-order valence-corrected chi connectivity index (χ3v) is 11.8. The number of carbonyl (C=O) groups excluding carboxylic acids is 2. The maximum absolute atomic E-state index is 13.9. The van der Waals surface area contributed by atoms with E-state index in [-0.39, 0.29) is 31.7 Å². The van der Waals surface area contributed by atoms with Gasteiger partial charge in [-0.1, -0.05) is 170 Å². The predicted molar refractivity (Wildman–Crippen MR) is 243 cm³/mol. The molecule has 0 saturated heterocycles. The zero-order valence-corrected chi connectivity index (χ0v) is 37.7. The van der Waals surface area contributed by atoms with Crippen LogP contribution in [-0.2, 0) is 47.3 Å². The maximum atomic E-state index is 13.9. The van der Waals surface area contributed by atoms with Gasteiger partial charge in [0.05, 0.1) is 23.8 Å². The molecule has 330 valence electrons. The fourth-order valence-corrected chi connectivity index (χ4v) is 8.12. The molecule has 5 rings (SSSR count). The van der Waals surface area contributed by atoms with Crippen LogP contribution in [0.15, 0.2) is 134 Å². The van der Waals surface area contributed by atoms with Gasteiger partial charge >= 0.3 is 11.9 Å². The van der Waals surface area contributed by atoms with Crippen molar-refractivity contribution in [2.45, 2.75) is 66.6 Å². The third-order valence-electron chi connectivity index (χ3n) is 10.5. The first-order chi connectivity index (χ1) is 29.5. The standard InChI is InChI=1S/C46H52Cl3N5O7S/c1-32(2)41(28-50-39(26-33-16-8-4-9-17-33)42(55)53-38(43(56)57)24-25-62(3,59)60)52-40(44(58)61-30-45(47,48)49)27-37-29-54(31-51-37)46(34-18-10-5-11-19-34,35-20-12-6-13-21-35)36-22-14-7-15-23-36/h4-23,29,31-32,38-41,50,52H,24-28,30H2,1-3H3,(H,53,55)(H,56,57)/t38?,39-,40-,41+/m0/s1. The minimum atomic E-state index is -3.49. The van der Waals surface area contributed by atoms with Crippen LogP contribution in [0.1, 0.15) is 48.2 Å². The van der Waals surface area contributed by atoms with E-state index in [1.807, 2.05) is 110 Å². The predicted octanol–water partition coefficient (Wildman–Crippen LogP) is 6.37. The molecule has 1 heterocycles. The highest BCUT2D eigenvalue weighted by molar-refractivity contribution is 7.90. The molecule has 1 amide bonds. The van der Waals surface area contributed by atoms with Gasteiger partial charge in [-0.15, -0.1) is 0 Å². The molecule has 1 unspecified atom stereocenters. The second kappa shape index (κ2) is 22.0. The SMILES string of the molecule is CC(C)[C@@H](CN[C@@H](Cc1ccccc1)C(=O)NC(CCS(C)(=O)=O)C(=O)O)N[C@@H](Cc1cn(C(c2ccccc2)(c2ccccc2)c2ccccc2)cn1)C(=O)OCC(Cl)(Cl)Cl. The van der Waals surface area contributed by atoms with E-state index in [0.717, 1.165) is 28.5 Å². The first kappa shape index (κ1) is 48.3. The summed E-state index contributed by atoms with van der Waals surface area (Å²) in [5.41, 5.74) is 3.48. The van der Waals surface area contributed by atoms with E-state index in [9.17, 15) is 27.9 Å². The van der Waals surface area contributed by atoms with Crippen LogP contribution in [0.25, 0.3) is 0 Å². The smallest absolute Gasteiger partial charge is 0.326 e. The van der Waals surface area contributed by atoms with Crippen molar-refractivity contribution >= 4 is 62.5 Å². The molecule has 4 atom stereocenters. The Hall–Kier alpha value is -4.76. The number of sulfone groups is 1. The van der Waals surface area contributed by atoms with Crippen molar-refractivity contribution in [3.63, 3.8) is 0 Å². The summed E-state index contributed by atoms with van der Waals surface area (Å²) in [5, 5.41) is 19.1. The summed E-state index contributed by atoms with van der Waals surface area (Å²) in [6.07, 6.45) is 4.62. The maximum Gasteiger partial charge on any atom is 0.326 e. The molecule has 1 aromatic heterocycles. The summed E-state index contributed by atoms with van der Waals surface area (Å²) >= 11 is 18.0. The number of nitrogens with zero attached hydrogens (tertiary/aromatic N) is 2. The molecule has 0 aliphatic heterocycles. The molecule has 0 spiro atoms.